The van der Waals surface area contributed by atoms with E-state index in [0.29, 0.717) is 0 Å². The van der Waals surface area contributed by atoms with E-state index >= 15 is 0 Å². The largest absolute Gasteiger partial charge is 0.369 e. The first-order valence-electron chi connectivity index (χ1n) is 9.69. The lowest BCUT2D eigenvalue weighted by atomic mass is 9.96. The van der Waals surface area contributed by atoms with Gasteiger partial charge in [-0.15, -0.1) is 0 Å². The summed E-state index contributed by atoms with van der Waals surface area (Å²) >= 11 is 0. The number of aryl methyl sites for hydroxylation is 2. The quantitative estimate of drug-likeness (QED) is 0.706. The Balaban J connectivity index is 1.69. The van der Waals surface area contributed by atoms with Gasteiger partial charge in [0, 0.05) is 22.5 Å². The zero-order valence-corrected chi connectivity index (χ0v) is 16.0. The fourth-order valence-corrected chi connectivity index (χ4v) is 3.65. The number of carbonyl (C=O) groups excluding carboxylic acids is 1. The predicted octanol–water partition coefficient (Wildman–Crippen LogP) is 4.10. The second kappa shape index (κ2) is 7.80. The van der Waals surface area contributed by atoms with Gasteiger partial charge in [0.15, 0.2) is 5.82 Å². The Labute approximate surface area is 165 Å². The number of nitrogens with one attached hydrogen (secondary N) is 1. The number of benzene rings is 2. The number of anilines is 2. The van der Waals surface area contributed by atoms with E-state index in [1.807, 2.05) is 30.3 Å². The van der Waals surface area contributed by atoms with Crippen LogP contribution in [0.25, 0.3) is 11.4 Å². The Morgan fingerprint density at radius 2 is 1.86 bits per heavy atom. The molecule has 1 heterocycles. The van der Waals surface area contributed by atoms with Crippen molar-refractivity contribution >= 4 is 17.4 Å². The van der Waals surface area contributed by atoms with Gasteiger partial charge in [0.1, 0.15) is 5.82 Å². The number of nitrogens with two attached hydrogens (primary N) is 1. The lowest BCUT2D eigenvalue weighted by Crippen LogP contribution is -2.13. The van der Waals surface area contributed by atoms with Crippen molar-refractivity contribution in [3.8, 4) is 11.4 Å². The molecule has 4 rings (SSSR count). The first kappa shape index (κ1) is 18.2. The Kier molecular flexibility index (Phi) is 5.06. The molecule has 3 N–H and O–H groups in total. The van der Waals surface area contributed by atoms with Crippen LogP contribution in [0.2, 0.25) is 0 Å². The van der Waals surface area contributed by atoms with Gasteiger partial charge in [0.25, 0.3) is 0 Å². The SMILES string of the molecule is Cc1cccc(-c2nc3c(c(Nc4ccc(CC(N)=O)cc4)n2)CCCC3)c1. The molecule has 0 saturated carbocycles. The van der Waals surface area contributed by atoms with Crippen molar-refractivity contribution < 1.29 is 4.79 Å². The Hall–Kier alpha value is -3.21. The first-order chi connectivity index (χ1) is 13.6. The summed E-state index contributed by atoms with van der Waals surface area (Å²) in [6.07, 6.45) is 4.56. The highest BCUT2D eigenvalue weighted by atomic mass is 16.1. The van der Waals surface area contributed by atoms with Gasteiger partial charge >= 0.3 is 0 Å². The van der Waals surface area contributed by atoms with Crippen LogP contribution in [0.4, 0.5) is 11.5 Å². The third kappa shape index (κ3) is 4.03. The molecule has 0 aliphatic heterocycles. The van der Waals surface area contributed by atoms with Gasteiger partial charge in [-0.05, 0) is 56.4 Å². The zero-order chi connectivity index (χ0) is 19.5. The summed E-state index contributed by atoms with van der Waals surface area (Å²) < 4.78 is 0. The molecular formula is C23H24N4O. The molecule has 0 radical (unpaired) electrons. The van der Waals surface area contributed by atoms with Crippen molar-refractivity contribution in [3.05, 3.63) is 70.9 Å². The van der Waals surface area contributed by atoms with Gasteiger partial charge in [0.05, 0.1) is 6.42 Å². The van der Waals surface area contributed by atoms with Crippen molar-refractivity contribution in [1.82, 2.24) is 9.97 Å². The molecule has 0 fully saturated rings. The minimum absolute atomic E-state index is 0.251. The number of nitrogens with zero attached hydrogens (tertiary/aromatic N) is 2. The average molecular weight is 372 g/mol. The molecule has 5 heteroatoms. The highest BCUT2D eigenvalue weighted by Crippen LogP contribution is 2.30. The molecular weight excluding hydrogens is 348 g/mol. The Bertz CT molecular complexity index is 1010. The van der Waals surface area contributed by atoms with Crippen LogP contribution in [0.15, 0.2) is 48.5 Å². The van der Waals surface area contributed by atoms with Gasteiger partial charge in [-0.2, -0.15) is 0 Å². The van der Waals surface area contributed by atoms with Gasteiger partial charge in [-0.25, -0.2) is 9.97 Å². The van der Waals surface area contributed by atoms with Crippen LogP contribution in [-0.4, -0.2) is 15.9 Å². The third-order valence-electron chi connectivity index (χ3n) is 5.05. The summed E-state index contributed by atoms with van der Waals surface area (Å²) in [6.45, 7) is 2.08. The number of amides is 1. The van der Waals surface area contributed by atoms with Crippen LogP contribution in [-0.2, 0) is 24.1 Å². The molecule has 1 aromatic heterocycles. The van der Waals surface area contributed by atoms with Crippen LogP contribution in [0.5, 0.6) is 0 Å². The maximum atomic E-state index is 11.1. The fourth-order valence-electron chi connectivity index (χ4n) is 3.65. The Morgan fingerprint density at radius 1 is 1.07 bits per heavy atom. The molecule has 1 aliphatic carbocycles. The highest BCUT2D eigenvalue weighted by Gasteiger charge is 2.18. The summed E-state index contributed by atoms with van der Waals surface area (Å²) in [4.78, 5) is 20.8. The molecule has 0 atom stereocenters. The van der Waals surface area contributed by atoms with Gasteiger partial charge in [-0.3, -0.25) is 4.79 Å². The standard InChI is InChI=1S/C23H24N4O/c1-15-5-4-6-17(13-15)22-26-20-8-3-2-7-19(20)23(27-22)25-18-11-9-16(10-12-18)14-21(24)28/h4-6,9-13H,2-3,7-8,14H2,1H3,(H2,24,28)(H,25,26,27). The van der Waals surface area contributed by atoms with E-state index in [1.165, 1.54) is 17.5 Å². The van der Waals surface area contributed by atoms with Crippen molar-refractivity contribution in [2.75, 3.05) is 5.32 Å². The lowest BCUT2D eigenvalue weighted by Gasteiger charge is -2.20. The van der Waals surface area contributed by atoms with Crippen molar-refractivity contribution in [2.45, 2.75) is 39.0 Å². The number of fused-ring (bicyclic) bond motifs is 1. The van der Waals surface area contributed by atoms with Gasteiger partial charge < -0.3 is 11.1 Å². The van der Waals surface area contributed by atoms with Crippen LogP contribution in [0.1, 0.15) is 35.2 Å². The van der Waals surface area contributed by atoms with Crippen LogP contribution >= 0.6 is 0 Å². The van der Waals surface area contributed by atoms with E-state index in [-0.39, 0.29) is 12.3 Å². The fraction of sp³-hybridized carbons (Fsp3) is 0.261. The third-order valence-corrected chi connectivity index (χ3v) is 5.05. The molecule has 142 valence electrons. The number of carbonyl (C=O) groups is 1. The van der Waals surface area contributed by atoms with E-state index < -0.39 is 0 Å². The Morgan fingerprint density at radius 3 is 2.61 bits per heavy atom. The maximum Gasteiger partial charge on any atom is 0.221 e. The highest BCUT2D eigenvalue weighted by molar-refractivity contribution is 5.77. The van der Waals surface area contributed by atoms with Gasteiger partial charge in [0.2, 0.25) is 5.91 Å². The maximum absolute atomic E-state index is 11.1. The van der Waals surface area contributed by atoms with Crippen LogP contribution < -0.4 is 11.1 Å². The molecule has 0 bridgehead atoms. The molecule has 0 saturated heterocycles. The summed E-state index contributed by atoms with van der Waals surface area (Å²) in [7, 11) is 0. The molecule has 5 nitrogen and oxygen atoms in total. The second-order valence-electron chi connectivity index (χ2n) is 7.36. The van der Waals surface area contributed by atoms with Crippen molar-refractivity contribution in [2.24, 2.45) is 5.73 Å². The smallest absolute Gasteiger partial charge is 0.221 e. The number of rotatable bonds is 5. The van der Waals surface area contributed by atoms with Crippen molar-refractivity contribution in [1.29, 1.82) is 0 Å². The second-order valence-corrected chi connectivity index (χ2v) is 7.36. The number of hydrogen-bond donors (Lipinski definition) is 2. The van der Waals surface area contributed by atoms with E-state index in [0.717, 1.165) is 53.4 Å². The first-order valence-corrected chi connectivity index (χ1v) is 9.69. The number of primary amides is 1. The minimum Gasteiger partial charge on any atom is -0.369 e. The summed E-state index contributed by atoms with van der Waals surface area (Å²) in [5, 5.41) is 3.47. The molecule has 1 amide bonds. The lowest BCUT2D eigenvalue weighted by molar-refractivity contribution is -0.117. The van der Waals surface area contributed by atoms with E-state index in [9.17, 15) is 4.79 Å². The molecule has 2 aromatic carbocycles. The summed E-state index contributed by atoms with van der Waals surface area (Å²) in [5.41, 5.74) is 11.7. The van der Waals surface area contributed by atoms with Crippen LogP contribution in [0.3, 0.4) is 0 Å². The molecule has 1 aliphatic rings. The van der Waals surface area contributed by atoms with Crippen molar-refractivity contribution in [3.63, 3.8) is 0 Å². The van der Waals surface area contributed by atoms with Crippen LogP contribution in [0, 0.1) is 6.92 Å². The number of hydrogen-bond acceptors (Lipinski definition) is 4. The monoisotopic (exact) mass is 372 g/mol. The zero-order valence-electron chi connectivity index (χ0n) is 16.0. The summed E-state index contributed by atoms with van der Waals surface area (Å²) in [5.74, 6) is 1.31. The van der Waals surface area contributed by atoms with E-state index in [1.54, 1.807) is 0 Å². The normalized spacial score (nSPS) is 13.0. The van der Waals surface area contributed by atoms with Gasteiger partial charge in [-0.1, -0.05) is 35.9 Å². The number of aromatic nitrogens is 2. The minimum atomic E-state index is -0.326. The predicted molar refractivity (Wildman–Crippen MR) is 111 cm³/mol. The summed E-state index contributed by atoms with van der Waals surface area (Å²) in [6, 6.07) is 16.0. The van der Waals surface area contributed by atoms with E-state index in [2.05, 4.69) is 30.4 Å². The van der Waals surface area contributed by atoms with E-state index in [4.69, 9.17) is 15.7 Å². The molecule has 3 aromatic rings. The topological polar surface area (TPSA) is 80.9 Å². The molecule has 0 spiro atoms. The average Bonchev–Trinajstić information content (AvgIpc) is 2.69. The molecule has 28 heavy (non-hydrogen) atoms. The molecule has 0 unspecified atom stereocenters.